The van der Waals surface area contributed by atoms with Crippen LogP contribution in [0.3, 0.4) is 0 Å². The molecule has 182 valence electrons. The number of hydrogen-bond acceptors (Lipinski definition) is 6. The Hall–Kier alpha value is -2.90. The van der Waals surface area contributed by atoms with Gasteiger partial charge < -0.3 is 19.4 Å². The Morgan fingerprint density at radius 3 is 2.65 bits per heavy atom. The van der Waals surface area contributed by atoms with Crippen molar-refractivity contribution in [3.63, 3.8) is 0 Å². The van der Waals surface area contributed by atoms with Crippen molar-refractivity contribution in [3.05, 3.63) is 41.8 Å². The van der Waals surface area contributed by atoms with Crippen LogP contribution >= 0.6 is 0 Å². The Labute approximate surface area is 200 Å². The summed E-state index contributed by atoms with van der Waals surface area (Å²) in [4.78, 5) is 26.7. The van der Waals surface area contributed by atoms with Crippen molar-refractivity contribution in [2.45, 2.75) is 51.0 Å². The molecule has 34 heavy (non-hydrogen) atoms. The highest BCUT2D eigenvalue weighted by Crippen LogP contribution is 2.53. The zero-order chi connectivity index (χ0) is 23.9. The zero-order valence-electron chi connectivity index (χ0n) is 20.3. The van der Waals surface area contributed by atoms with E-state index in [1.54, 1.807) is 19.0 Å². The molecule has 3 fully saturated rings. The molecule has 2 atom stereocenters. The molecule has 1 aromatic carbocycles. The first-order valence-corrected chi connectivity index (χ1v) is 12.3. The Kier molecular flexibility index (Phi) is 6.08. The number of benzene rings is 1. The first kappa shape index (κ1) is 22.9. The van der Waals surface area contributed by atoms with E-state index in [1.165, 1.54) is 25.5 Å². The molecule has 1 spiro atoms. The molecule has 2 aromatic rings. The summed E-state index contributed by atoms with van der Waals surface area (Å²) in [7, 11) is 3.56. The van der Waals surface area contributed by atoms with Crippen molar-refractivity contribution in [2.75, 3.05) is 50.1 Å². The van der Waals surface area contributed by atoms with Crippen molar-refractivity contribution < 1.29 is 13.9 Å². The summed E-state index contributed by atoms with van der Waals surface area (Å²) in [5, 5.41) is 0. The van der Waals surface area contributed by atoms with E-state index in [0.717, 1.165) is 30.8 Å². The summed E-state index contributed by atoms with van der Waals surface area (Å²) in [5.74, 6) is 1.69. The van der Waals surface area contributed by atoms with Gasteiger partial charge in [0, 0.05) is 46.6 Å². The third kappa shape index (κ3) is 4.81. The monoisotopic (exact) mass is 467 g/mol. The van der Waals surface area contributed by atoms with Gasteiger partial charge in [-0.05, 0) is 48.3 Å². The molecule has 2 saturated heterocycles. The smallest absolute Gasteiger partial charge is 0.227 e. The average Bonchev–Trinajstić information content (AvgIpc) is 3.21. The number of hydrogen-bond donors (Lipinski definition) is 0. The lowest BCUT2D eigenvalue weighted by Gasteiger charge is -2.22. The van der Waals surface area contributed by atoms with Crippen LogP contribution in [0.4, 0.5) is 16.2 Å². The SMILES string of the molecule is C[C@H](CC(=O)N(C)C)c1ccc(O[C@H]2CCN(c3nc(N4CCC5(CC5)C4)ncc3F)C2)cc1. The molecule has 0 radical (unpaired) electrons. The second-order valence-corrected chi connectivity index (χ2v) is 10.5. The lowest BCUT2D eigenvalue weighted by atomic mass is 9.97. The molecule has 2 aliphatic heterocycles. The number of rotatable bonds is 7. The molecule has 7 nitrogen and oxygen atoms in total. The minimum Gasteiger partial charge on any atom is -0.489 e. The van der Waals surface area contributed by atoms with E-state index in [4.69, 9.17) is 4.74 Å². The molecule has 1 saturated carbocycles. The first-order chi connectivity index (χ1) is 16.3. The Morgan fingerprint density at radius 1 is 1.21 bits per heavy atom. The average molecular weight is 468 g/mol. The van der Waals surface area contributed by atoms with Crippen molar-refractivity contribution in [3.8, 4) is 5.75 Å². The van der Waals surface area contributed by atoms with Gasteiger partial charge in [-0.2, -0.15) is 4.98 Å². The summed E-state index contributed by atoms with van der Waals surface area (Å²) < 4.78 is 20.8. The van der Waals surface area contributed by atoms with Crippen LogP contribution in [-0.2, 0) is 4.79 Å². The standard InChI is InChI=1S/C26H34FN5O2/c1-18(14-23(33)30(2)3)19-4-6-20(7-5-19)34-21-8-12-31(16-21)24-22(27)15-28-25(29-24)32-13-11-26(17-32)9-10-26/h4-7,15,18,21H,8-14,16-17H2,1-3H3/t18-,21+/m1/s1. The third-order valence-electron chi connectivity index (χ3n) is 7.57. The first-order valence-electron chi connectivity index (χ1n) is 12.3. The molecule has 1 amide bonds. The van der Waals surface area contributed by atoms with E-state index < -0.39 is 0 Å². The van der Waals surface area contributed by atoms with E-state index in [-0.39, 0.29) is 23.7 Å². The van der Waals surface area contributed by atoms with Crippen LogP contribution in [0.25, 0.3) is 0 Å². The van der Waals surface area contributed by atoms with Gasteiger partial charge in [0.15, 0.2) is 11.6 Å². The number of carbonyl (C=O) groups excluding carboxylic acids is 1. The topological polar surface area (TPSA) is 61.8 Å². The van der Waals surface area contributed by atoms with Crippen LogP contribution in [0.5, 0.6) is 5.75 Å². The second-order valence-electron chi connectivity index (χ2n) is 10.5. The highest BCUT2D eigenvalue weighted by molar-refractivity contribution is 5.76. The van der Waals surface area contributed by atoms with Crippen LogP contribution in [0, 0.1) is 11.2 Å². The fourth-order valence-electron chi connectivity index (χ4n) is 5.06. The van der Waals surface area contributed by atoms with Crippen molar-refractivity contribution in [2.24, 2.45) is 5.41 Å². The van der Waals surface area contributed by atoms with Gasteiger partial charge >= 0.3 is 0 Å². The van der Waals surface area contributed by atoms with Gasteiger partial charge in [-0.1, -0.05) is 19.1 Å². The zero-order valence-corrected chi connectivity index (χ0v) is 20.3. The van der Waals surface area contributed by atoms with Crippen LogP contribution in [-0.4, -0.2) is 67.2 Å². The van der Waals surface area contributed by atoms with Crippen LogP contribution in [0.15, 0.2) is 30.5 Å². The summed E-state index contributed by atoms with van der Waals surface area (Å²) in [6.45, 7) is 5.29. The highest BCUT2D eigenvalue weighted by atomic mass is 19.1. The predicted molar refractivity (Wildman–Crippen MR) is 130 cm³/mol. The largest absolute Gasteiger partial charge is 0.489 e. The molecule has 1 aromatic heterocycles. The van der Waals surface area contributed by atoms with Crippen LogP contribution < -0.4 is 14.5 Å². The number of amides is 1. The van der Waals surface area contributed by atoms with E-state index in [2.05, 4.69) is 21.8 Å². The maximum atomic E-state index is 14.6. The minimum absolute atomic E-state index is 0.0297. The van der Waals surface area contributed by atoms with E-state index in [0.29, 0.717) is 36.7 Å². The van der Waals surface area contributed by atoms with Gasteiger partial charge in [0.25, 0.3) is 0 Å². The minimum atomic E-state index is -0.379. The molecule has 1 aliphatic carbocycles. The van der Waals surface area contributed by atoms with Crippen molar-refractivity contribution in [1.82, 2.24) is 14.9 Å². The highest BCUT2D eigenvalue weighted by Gasteiger charge is 2.48. The molecular weight excluding hydrogens is 433 g/mol. The van der Waals surface area contributed by atoms with Gasteiger partial charge in [-0.25, -0.2) is 9.37 Å². The van der Waals surface area contributed by atoms with E-state index in [1.807, 2.05) is 29.2 Å². The molecule has 0 bridgehead atoms. The Balaban J connectivity index is 1.19. The van der Waals surface area contributed by atoms with E-state index >= 15 is 0 Å². The van der Waals surface area contributed by atoms with Crippen molar-refractivity contribution >= 4 is 17.7 Å². The van der Waals surface area contributed by atoms with E-state index in [9.17, 15) is 9.18 Å². The van der Waals surface area contributed by atoms with Gasteiger partial charge in [0.05, 0.1) is 12.7 Å². The molecular formula is C26H34FN5O2. The third-order valence-corrected chi connectivity index (χ3v) is 7.57. The lowest BCUT2D eigenvalue weighted by molar-refractivity contribution is -0.129. The number of carbonyl (C=O) groups is 1. The number of halogens is 1. The second kappa shape index (κ2) is 9.04. The summed E-state index contributed by atoms with van der Waals surface area (Å²) in [5.41, 5.74) is 1.58. The maximum absolute atomic E-state index is 14.6. The molecule has 8 heteroatoms. The lowest BCUT2D eigenvalue weighted by Crippen LogP contribution is -2.28. The van der Waals surface area contributed by atoms with Crippen LogP contribution in [0.2, 0.25) is 0 Å². The van der Waals surface area contributed by atoms with Gasteiger partial charge in [0.1, 0.15) is 11.9 Å². The van der Waals surface area contributed by atoms with Gasteiger partial charge in [-0.15, -0.1) is 0 Å². The fourth-order valence-corrected chi connectivity index (χ4v) is 5.06. The molecule has 3 aliphatic rings. The fraction of sp³-hybridized carbons (Fsp3) is 0.577. The maximum Gasteiger partial charge on any atom is 0.227 e. The molecule has 3 heterocycles. The summed E-state index contributed by atoms with van der Waals surface area (Å²) in [6.07, 6.45) is 6.33. The molecule has 0 unspecified atom stereocenters. The number of anilines is 2. The molecule has 0 N–H and O–H groups in total. The number of aromatic nitrogens is 2. The van der Waals surface area contributed by atoms with Gasteiger partial charge in [0.2, 0.25) is 11.9 Å². The molecule has 5 rings (SSSR count). The summed E-state index contributed by atoms with van der Waals surface area (Å²) in [6, 6.07) is 7.96. The Morgan fingerprint density at radius 2 is 1.97 bits per heavy atom. The van der Waals surface area contributed by atoms with Crippen LogP contribution in [0.1, 0.15) is 50.5 Å². The summed E-state index contributed by atoms with van der Waals surface area (Å²) >= 11 is 0. The predicted octanol–water partition coefficient (Wildman–Crippen LogP) is 3.85. The number of ether oxygens (including phenoxy) is 1. The Bertz CT molecular complexity index is 1040. The van der Waals surface area contributed by atoms with Gasteiger partial charge in [-0.3, -0.25) is 4.79 Å². The van der Waals surface area contributed by atoms with Crippen molar-refractivity contribution in [1.29, 1.82) is 0 Å². The normalized spacial score (nSPS) is 21.7. The number of nitrogens with zero attached hydrogens (tertiary/aromatic N) is 5. The quantitative estimate of drug-likeness (QED) is 0.617.